The van der Waals surface area contributed by atoms with Gasteiger partial charge in [0.1, 0.15) is 11.6 Å². The van der Waals surface area contributed by atoms with Gasteiger partial charge in [-0.2, -0.15) is 5.10 Å². The van der Waals surface area contributed by atoms with Crippen LogP contribution < -0.4 is 11.1 Å². The number of benzene rings is 1. The highest BCUT2D eigenvalue weighted by Gasteiger charge is 2.25. The topological polar surface area (TPSA) is 93.2 Å². The van der Waals surface area contributed by atoms with E-state index in [0.29, 0.717) is 18.9 Å². The Morgan fingerprint density at radius 2 is 2.04 bits per heavy atom. The van der Waals surface area contributed by atoms with Crippen molar-refractivity contribution >= 4 is 17.6 Å². The Morgan fingerprint density at radius 1 is 1.28 bits per heavy atom. The Hall–Kier alpha value is -2.74. The van der Waals surface area contributed by atoms with Crippen molar-refractivity contribution in [3.8, 4) is 0 Å². The van der Waals surface area contributed by atoms with Crippen LogP contribution in [0, 0.1) is 5.82 Å². The van der Waals surface area contributed by atoms with Crippen LogP contribution in [0.15, 0.2) is 36.5 Å². The van der Waals surface area contributed by atoms with Gasteiger partial charge in [0, 0.05) is 24.7 Å². The van der Waals surface area contributed by atoms with Gasteiger partial charge in [-0.25, -0.2) is 9.07 Å². The summed E-state index contributed by atoms with van der Waals surface area (Å²) < 4.78 is 15.0. The first-order valence-corrected chi connectivity index (χ1v) is 8.16. The minimum atomic E-state index is -0.460. The Labute approximate surface area is 144 Å². The number of nitrogens with one attached hydrogen (secondary N) is 1. The second kappa shape index (κ2) is 7.43. The van der Waals surface area contributed by atoms with Crippen LogP contribution in [0.2, 0.25) is 0 Å². The molecular weight excluding hydrogens is 325 g/mol. The minimum Gasteiger partial charge on any atom is -0.341 e. The average molecular weight is 345 g/mol. The molecule has 2 heterocycles. The molecule has 0 atom stereocenters. The fraction of sp³-hybridized carbons (Fsp3) is 0.353. The van der Waals surface area contributed by atoms with Crippen molar-refractivity contribution < 1.29 is 14.0 Å². The quantitative estimate of drug-likeness (QED) is 0.876. The molecule has 3 rings (SSSR count). The monoisotopic (exact) mass is 345 g/mol. The molecule has 0 bridgehead atoms. The van der Waals surface area contributed by atoms with Crippen molar-refractivity contribution in [1.29, 1.82) is 0 Å². The molecule has 1 aliphatic rings. The van der Waals surface area contributed by atoms with Crippen molar-refractivity contribution in [3.63, 3.8) is 0 Å². The molecule has 132 valence electrons. The Kier molecular flexibility index (Phi) is 5.08. The smallest absolute Gasteiger partial charge is 0.256 e. The lowest BCUT2D eigenvalue weighted by Gasteiger charge is -2.32. The van der Waals surface area contributed by atoms with Crippen molar-refractivity contribution in [3.05, 3.63) is 47.9 Å². The summed E-state index contributed by atoms with van der Waals surface area (Å²) in [6, 6.07) is 7.31. The molecule has 0 saturated carbocycles. The number of anilines is 1. The number of carbonyl (C=O) groups excluding carboxylic acids is 2. The molecule has 8 heteroatoms. The summed E-state index contributed by atoms with van der Waals surface area (Å²) in [7, 11) is 0. The average Bonchev–Trinajstić information content (AvgIpc) is 3.09. The summed E-state index contributed by atoms with van der Waals surface area (Å²) >= 11 is 0. The standard InChI is InChI=1S/C17H20FN5O2/c18-13-3-1-2-12(10-13)17(25)21-15-4-7-20-23(15)14-5-8-22(9-6-14)16(24)11-19/h1-4,7,10,14H,5-6,8-9,11,19H2,(H,21,25). The van der Waals surface area contributed by atoms with Crippen molar-refractivity contribution in [1.82, 2.24) is 14.7 Å². The van der Waals surface area contributed by atoms with Gasteiger partial charge in [-0.3, -0.25) is 9.59 Å². The van der Waals surface area contributed by atoms with E-state index in [2.05, 4.69) is 10.4 Å². The summed E-state index contributed by atoms with van der Waals surface area (Å²) in [6.07, 6.45) is 3.07. The Morgan fingerprint density at radius 3 is 2.72 bits per heavy atom. The first-order valence-electron chi connectivity index (χ1n) is 8.16. The molecule has 3 N–H and O–H groups in total. The molecule has 2 amide bonds. The zero-order valence-electron chi connectivity index (χ0n) is 13.7. The van der Waals surface area contributed by atoms with Gasteiger partial charge in [0.15, 0.2) is 0 Å². The van der Waals surface area contributed by atoms with Crippen LogP contribution in [-0.2, 0) is 4.79 Å². The molecule has 0 aliphatic carbocycles. The van der Waals surface area contributed by atoms with Crippen LogP contribution in [0.1, 0.15) is 29.2 Å². The number of rotatable bonds is 4. The molecule has 0 unspecified atom stereocenters. The molecule has 2 aromatic rings. The summed E-state index contributed by atoms with van der Waals surface area (Å²) in [5.41, 5.74) is 5.64. The minimum absolute atomic E-state index is 0.0153. The molecule has 25 heavy (non-hydrogen) atoms. The molecule has 1 fully saturated rings. The van der Waals surface area contributed by atoms with E-state index >= 15 is 0 Å². The lowest BCUT2D eigenvalue weighted by Crippen LogP contribution is -2.42. The third kappa shape index (κ3) is 3.85. The molecular formula is C17H20FN5O2. The molecule has 1 aromatic heterocycles. The van der Waals surface area contributed by atoms with Gasteiger partial charge in [-0.1, -0.05) is 6.07 Å². The predicted molar refractivity (Wildman–Crippen MR) is 90.5 cm³/mol. The third-order valence-electron chi connectivity index (χ3n) is 4.34. The van der Waals surface area contributed by atoms with Crippen LogP contribution >= 0.6 is 0 Å². The first kappa shape index (κ1) is 17.1. The van der Waals surface area contributed by atoms with E-state index in [0.717, 1.165) is 12.8 Å². The maximum Gasteiger partial charge on any atom is 0.256 e. The second-order valence-corrected chi connectivity index (χ2v) is 5.94. The van der Waals surface area contributed by atoms with Crippen LogP contribution in [0.5, 0.6) is 0 Å². The number of halogens is 1. The first-order chi connectivity index (χ1) is 12.1. The number of hydrogen-bond acceptors (Lipinski definition) is 4. The number of aromatic nitrogens is 2. The highest BCUT2D eigenvalue weighted by atomic mass is 19.1. The number of nitrogens with two attached hydrogens (primary N) is 1. The number of hydrogen-bond donors (Lipinski definition) is 2. The second-order valence-electron chi connectivity index (χ2n) is 5.94. The van der Waals surface area contributed by atoms with Crippen molar-refractivity contribution in [2.75, 3.05) is 25.0 Å². The zero-order valence-corrected chi connectivity index (χ0v) is 13.7. The van der Waals surface area contributed by atoms with Gasteiger partial charge in [-0.05, 0) is 31.0 Å². The Balaban J connectivity index is 1.67. The molecule has 1 aliphatic heterocycles. The summed E-state index contributed by atoms with van der Waals surface area (Å²) in [5.74, 6) is -0.355. The summed E-state index contributed by atoms with van der Waals surface area (Å²) in [5, 5.41) is 7.06. The van der Waals surface area contributed by atoms with E-state index in [4.69, 9.17) is 5.73 Å². The van der Waals surface area contributed by atoms with E-state index in [1.807, 2.05) is 0 Å². The molecule has 1 saturated heterocycles. The summed E-state index contributed by atoms with van der Waals surface area (Å²) in [6.45, 7) is 1.23. The maximum atomic E-state index is 13.3. The number of amides is 2. The van der Waals surface area contributed by atoms with E-state index in [9.17, 15) is 14.0 Å². The lowest BCUT2D eigenvalue weighted by molar-refractivity contribution is -0.130. The van der Waals surface area contributed by atoms with Crippen LogP contribution in [0.3, 0.4) is 0 Å². The highest BCUT2D eigenvalue weighted by molar-refractivity contribution is 6.03. The van der Waals surface area contributed by atoms with E-state index < -0.39 is 11.7 Å². The van der Waals surface area contributed by atoms with E-state index in [1.54, 1.807) is 27.9 Å². The molecule has 7 nitrogen and oxygen atoms in total. The van der Waals surface area contributed by atoms with Crippen molar-refractivity contribution in [2.24, 2.45) is 5.73 Å². The maximum absolute atomic E-state index is 13.3. The van der Waals surface area contributed by atoms with Gasteiger partial charge in [0.25, 0.3) is 5.91 Å². The number of piperidine rings is 1. The van der Waals surface area contributed by atoms with Gasteiger partial charge < -0.3 is 16.0 Å². The van der Waals surface area contributed by atoms with Gasteiger partial charge in [0.05, 0.1) is 18.8 Å². The van der Waals surface area contributed by atoms with Crippen LogP contribution in [-0.4, -0.2) is 46.1 Å². The van der Waals surface area contributed by atoms with E-state index in [1.165, 1.54) is 18.2 Å². The zero-order chi connectivity index (χ0) is 17.8. The van der Waals surface area contributed by atoms with Crippen LogP contribution in [0.25, 0.3) is 0 Å². The van der Waals surface area contributed by atoms with Crippen molar-refractivity contribution in [2.45, 2.75) is 18.9 Å². The third-order valence-corrected chi connectivity index (χ3v) is 4.34. The van der Waals surface area contributed by atoms with Gasteiger partial charge >= 0.3 is 0 Å². The Bertz CT molecular complexity index is 768. The SMILES string of the molecule is NCC(=O)N1CCC(n2nccc2NC(=O)c2cccc(F)c2)CC1. The molecule has 0 spiro atoms. The number of likely N-dealkylation sites (tertiary alicyclic amines) is 1. The van der Waals surface area contributed by atoms with Crippen LogP contribution in [0.4, 0.5) is 10.2 Å². The normalized spacial score (nSPS) is 15.2. The number of carbonyl (C=O) groups is 2. The molecule has 0 radical (unpaired) electrons. The molecule has 1 aromatic carbocycles. The van der Waals surface area contributed by atoms with Gasteiger partial charge in [0.2, 0.25) is 5.91 Å². The fourth-order valence-electron chi connectivity index (χ4n) is 3.01. The number of nitrogens with zero attached hydrogens (tertiary/aromatic N) is 3. The fourth-order valence-corrected chi connectivity index (χ4v) is 3.01. The van der Waals surface area contributed by atoms with Gasteiger partial charge in [-0.15, -0.1) is 0 Å². The summed E-state index contributed by atoms with van der Waals surface area (Å²) in [4.78, 5) is 25.7. The highest BCUT2D eigenvalue weighted by Crippen LogP contribution is 2.25. The largest absolute Gasteiger partial charge is 0.341 e. The van der Waals surface area contributed by atoms with E-state index in [-0.39, 0.29) is 24.1 Å². The lowest BCUT2D eigenvalue weighted by atomic mass is 10.1. The predicted octanol–water partition coefficient (Wildman–Crippen LogP) is 1.40.